The molecule has 43 heavy (non-hydrogen) atoms. The third-order valence-electron chi connectivity index (χ3n) is 6.85. The average Bonchev–Trinajstić information content (AvgIpc) is 3.34. The monoisotopic (exact) mass is 600 g/mol. The summed E-state index contributed by atoms with van der Waals surface area (Å²) >= 11 is 1.20. The average molecular weight is 601 g/mol. The molecule has 0 saturated heterocycles. The number of benzene rings is 3. The van der Waals surface area contributed by atoms with Crippen LogP contribution < -0.4 is 29.1 Å². The smallest absolute Gasteiger partial charge is 0.338 e. The van der Waals surface area contributed by atoms with E-state index in [1.807, 2.05) is 43.3 Å². The van der Waals surface area contributed by atoms with Crippen molar-refractivity contribution in [3.8, 4) is 23.0 Å². The summed E-state index contributed by atoms with van der Waals surface area (Å²) in [6, 6.07) is 18.7. The number of thiazole rings is 1. The van der Waals surface area contributed by atoms with Gasteiger partial charge in [0, 0.05) is 11.1 Å². The molecule has 0 bridgehead atoms. The number of carbonyl (C=O) groups excluding carboxylic acids is 1. The van der Waals surface area contributed by atoms with Crippen LogP contribution in [0.5, 0.6) is 23.0 Å². The Labute approximate surface area is 252 Å². The second kappa shape index (κ2) is 13.0. The van der Waals surface area contributed by atoms with Crippen LogP contribution in [0.15, 0.2) is 82.1 Å². The highest BCUT2D eigenvalue weighted by Gasteiger charge is 2.37. The van der Waals surface area contributed by atoms with Crippen molar-refractivity contribution in [1.29, 1.82) is 0 Å². The fraction of sp³-hybridized carbons (Fsp3) is 0.242. The van der Waals surface area contributed by atoms with Crippen molar-refractivity contribution in [2.75, 3.05) is 27.4 Å². The predicted molar refractivity (Wildman–Crippen MR) is 164 cm³/mol. The number of nitrogens with zero attached hydrogens (tertiary/aromatic N) is 2. The van der Waals surface area contributed by atoms with Gasteiger partial charge in [0.25, 0.3) is 5.56 Å². The minimum atomic E-state index is -0.927. The summed E-state index contributed by atoms with van der Waals surface area (Å²) in [5, 5.41) is 10.1. The topological polar surface area (TPSA) is 109 Å². The number of esters is 1. The number of rotatable bonds is 10. The summed E-state index contributed by atoms with van der Waals surface area (Å²) in [6.07, 6.45) is 2.45. The van der Waals surface area contributed by atoms with E-state index in [1.54, 1.807) is 44.4 Å². The van der Waals surface area contributed by atoms with Crippen molar-refractivity contribution in [3.63, 3.8) is 0 Å². The Balaban J connectivity index is 1.86. The summed E-state index contributed by atoms with van der Waals surface area (Å²) in [5.74, 6) is 0.600. The summed E-state index contributed by atoms with van der Waals surface area (Å²) in [4.78, 5) is 33.3. The first-order valence-electron chi connectivity index (χ1n) is 13.9. The highest BCUT2D eigenvalue weighted by Crippen LogP contribution is 2.42. The molecule has 0 radical (unpaired) electrons. The van der Waals surface area contributed by atoms with E-state index in [0.717, 1.165) is 6.42 Å². The molecular formula is C33H32N2O7S. The fourth-order valence-electron chi connectivity index (χ4n) is 4.94. The van der Waals surface area contributed by atoms with Crippen LogP contribution in [0.25, 0.3) is 11.8 Å². The first kappa shape index (κ1) is 29.7. The molecule has 4 aromatic rings. The van der Waals surface area contributed by atoms with Gasteiger partial charge in [-0.15, -0.1) is 0 Å². The van der Waals surface area contributed by atoms with Crippen LogP contribution in [0, 0.1) is 0 Å². The summed E-state index contributed by atoms with van der Waals surface area (Å²) in [7, 11) is 3.01. The van der Waals surface area contributed by atoms with Crippen LogP contribution in [0.3, 0.4) is 0 Å². The Hall–Kier alpha value is -4.83. The molecule has 9 nitrogen and oxygen atoms in total. The Morgan fingerprint density at radius 2 is 1.79 bits per heavy atom. The van der Waals surface area contributed by atoms with E-state index < -0.39 is 12.0 Å². The van der Waals surface area contributed by atoms with Gasteiger partial charge in [0.05, 0.1) is 43.2 Å². The third-order valence-corrected chi connectivity index (χ3v) is 7.83. The third kappa shape index (κ3) is 5.78. The van der Waals surface area contributed by atoms with Gasteiger partial charge in [-0.05, 0) is 43.2 Å². The SMILES string of the molecule is CCCOc1c(OC)cccc1[C@@H]1C(C(=O)OCC)=C(c2ccccc2)N=c2s/c(=C/c3ccc(O)c(OC)c3)c(=O)n21. The van der Waals surface area contributed by atoms with E-state index in [-0.39, 0.29) is 29.2 Å². The first-order chi connectivity index (χ1) is 20.9. The van der Waals surface area contributed by atoms with E-state index >= 15 is 0 Å². The minimum absolute atomic E-state index is 0.00896. The largest absolute Gasteiger partial charge is 0.504 e. The maximum Gasteiger partial charge on any atom is 0.338 e. The van der Waals surface area contributed by atoms with Crippen LogP contribution in [0.1, 0.15) is 43.0 Å². The molecule has 0 fully saturated rings. The van der Waals surface area contributed by atoms with Gasteiger partial charge in [0.1, 0.15) is 6.04 Å². The fourth-order valence-corrected chi connectivity index (χ4v) is 5.94. The van der Waals surface area contributed by atoms with Crippen molar-refractivity contribution >= 4 is 29.1 Å². The maximum atomic E-state index is 14.2. The van der Waals surface area contributed by atoms with Gasteiger partial charge in [-0.2, -0.15) is 0 Å². The molecular weight excluding hydrogens is 568 g/mol. The Morgan fingerprint density at radius 3 is 2.49 bits per heavy atom. The molecule has 3 aromatic carbocycles. The molecule has 0 saturated carbocycles. The predicted octanol–water partition coefficient (Wildman–Crippen LogP) is 4.45. The zero-order valence-corrected chi connectivity index (χ0v) is 25.1. The Bertz CT molecular complexity index is 1860. The number of aromatic hydroxyl groups is 1. The van der Waals surface area contributed by atoms with Crippen molar-refractivity contribution in [2.24, 2.45) is 4.99 Å². The number of fused-ring (bicyclic) bond motifs is 1. The number of methoxy groups -OCH3 is 2. The summed E-state index contributed by atoms with van der Waals surface area (Å²) < 4.78 is 24.6. The number of aromatic nitrogens is 1. The van der Waals surface area contributed by atoms with E-state index in [9.17, 15) is 14.7 Å². The lowest BCUT2D eigenvalue weighted by Crippen LogP contribution is -2.40. The van der Waals surface area contributed by atoms with Crippen LogP contribution in [0.4, 0.5) is 0 Å². The molecule has 1 aliphatic heterocycles. The van der Waals surface area contributed by atoms with Crippen LogP contribution in [0.2, 0.25) is 0 Å². The standard InChI is InChI=1S/C33H32N2O7S/c1-5-17-42-30-22(13-10-14-24(30)39-3)29-27(32(38)41-6-2)28(21-11-8-7-9-12-21)34-33-35(29)31(37)26(43-33)19-20-15-16-23(36)25(18-20)40-4/h7-16,18-19,29,36H,5-6,17H2,1-4H3/b26-19+/t29-/m1/s1. The van der Waals surface area contributed by atoms with E-state index in [1.165, 1.54) is 29.1 Å². The quantitative estimate of drug-likeness (QED) is 0.268. The second-order valence-electron chi connectivity index (χ2n) is 9.59. The molecule has 1 aromatic heterocycles. The number of hydrogen-bond acceptors (Lipinski definition) is 9. The van der Waals surface area contributed by atoms with Gasteiger partial charge in [-0.1, -0.05) is 66.8 Å². The van der Waals surface area contributed by atoms with Gasteiger partial charge < -0.3 is 24.1 Å². The summed E-state index contributed by atoms with van der Waals surface area (Å²) in [5.41, 5.74) is 2.20. The normalized spacial score (nSPS) is 14.6. The lowest BCUT2D eigenvalue weighted by atomic mass is 9.92. The van der Waals surface area contributed by atoms with Crippen molar-refractivity contribution in [3.05, 3.63) is 109 Å². The lowest BCUT2D eigenvalue weighted by molar-refractivity contribution is -0.138. The molecule has 5 rings (SSSR count). The zero-order chi connectivity index (χ0) is 30.5. The van der Waals surface area contributed by atoms with Gasteiger partial charge in [-0.3, -0.25) is 9.36 Å². The Morgan fingerprint density at radius 1 is 1.02 bits per heavy atom. The van der Waals surface area contributed by atoms with E-state index in [2.05, 4.69) is 0 Å². The molecule has 0 aliphatic carbocycles. The van der Waals surface area contributed by atoms with Crippen molar-refractivity contribution in [2.45, 2.75) is 26.3 Å². The highest BCUT2D eigenvalue weighted by molar-refractivity contribution is 7.07. The molecule has 1 N–H and O–H groups in total. The number of para-hydroxylation sites is 1. The molecule has 222 valence electrons. The molecule has 2 heterocycles. The molecule has 0 spiro atoms. The zero-order valence-electron chi connectivity index (χ0n) is 24.3. The summed E-state index contributed by atoms with van der Waals surface area (Å²) in [6.45, 7) is 4.27. The molecule has 0 unspecified atom stereocenters. The van der Waals surface area contributed by atoms with Crippen LogP contribution in [-0.2, 0) is 9.53 Å². The van der Waals surface area contributed by atoms with E-state index in [0.29, 0.717) is 49.8 Å². The Kier molecular flexibility index (Phi) is 8.96. The van der Waals surface area contributed by atoms with Gasteiger partial charge >= 0.3 is 5.97 Å². The number of phenolic OH excluding ortho intramolecular Hbond substituents is 1. The minimum Gasteiger partial charge on any atom is -0.504 e. The van der Waals surface area contributed by atoms with Crippen molar-refractivity contribution < 1.29 is 28.8 Å². The molecule has 10 heteroatoms. The molecule has 0 amide bonds. The van der Waals surface area contributed by atoms with Gasteiger partial charge in [-0.25, -0.2) is 9.79 Å². The van der Waals surface area contributed by atoms with Gasteiger partial charge in [0.15, 0.2) is 27.8 Å². The van der Waals surface area contributed by atoms with Crippen LogP contribution >= 0.6 is 11.3 Å². The molecule has 1 aliphatic rings. The van der Waals surface area contributed by atoms with Crippen molar-refractivity contribution in [1.82, 2.24) is 4.57 Å². The van der Waals surface area contributed by atoms with E-state index in [4.69, 9.17) is 23.9 Å². The lowest BCUT2D eigenvalue weighted by Gasteiger charge is -2.27. The number of ether oxygens (including phenoxy) is 4. The van der Waals surface area contributed by atoms with Crippen LogP contribution in [-0.4, -0.2) is 43.1 Å². The number of carbonyl (C=O) groups is 1. The maximum absolute atomic E-state index is 14.2. The number of hydrogen-bond donors (Lipinski definition) is 1. The molecule has 1 atom stereocenters. The highest BCUT2D eigenvalue weighted by atomic mass is 32.1. The first-order valence-corrected chi connectivity index (χ1v) is 14.7. The second-order valence-corrected chi connectivity index (χ2v) is 10.6. The number of phenols is 1. The van der Waals surface area contributed by atoms with Gasteiger partial charge in [0.2, 0.25) is 0 Å².